The van der Waals surface area contributed by atoms with E-state index in [2.05, 4.69) is 12.2 Å². The van der Waals surface area contributed by atoms with Crippen molar-refractivity contribution >= 4 is 11.7 Å². The van der Waals surface area contributed by atoms with Gasteiger partial charge in [0, 0.05) is 11.6 Å². The molecule has 1 aromatic carbocycles. The molecule has 0 aromatic heterocycles. The van der Waals surface area contributed by atoms with E-state index in [-0.39, 0.29) is 17.7 Å². The molecule has 0 radical (unpaired) electrons. The molecule has 0 bridgehead atoms. The summed E-state index contributed by atoms with van der Waals surface area (Å²) in [6.45, 7) is 9.20. The molecule has 21 heavy (non-hydrogen) atoms. The average molecular weight is 291 g/mol. The minimum absolute atomic E-state index is 0.0174. The zero-order chi connectivity index (χ0) is 16.0. The SMILES string of the molecule is CCCC(C)NC(=O)C(C)Oc1ccc(C(C)=O)cc1C. The quantitative estimate of drug-likeness (QED) is 0.784. The van der Waals surface area contributed by atoms with Gasteiger partial charge in [-0.25, -0.2) is 0 Å². The largest absolute Gasteiger partial charge is 0.481 e. The molecule has 4 heteroatoms. The van der Waals surface area contributed by atoms with E-state index in [9.17, 15) is 9.59 Å². The predicted molar refractivity (Wildman–Crippen MR) is 83.8 cm³/mol. The van der Waals surface area contributed by atoms with Gasteiger partial charge in [-0.3, -0.25) is 9.59 Å². The number of nitrogens with one attached hydrogen (secondary N) is 1. The standard InChI is InChI=1S/C17H25NO3/c1-6-7-12(3)18-17(20)14(5)21-16-9-8-15(13(4)19)10-11(16)2/h8-10,12,14H,6-7H2,1-5H3,(H,18,20). The second-order valence-corrected chi connectivity index (χ2v) is 5.49. The summed E-state index contributed by atoms with van der Waals surface area (Å²) >= 11 is 0. The fourth-order valence-corrected chi connectivity index (χ4v) is 2.11. The van der Waals surface area contributed by atoms with Gasteiger partial charge in [0.2, 0.25) is 0 Å². The first-order chi connectivity index (χ1) is 9.85. The van der Waals surface area contributed by atoms with E-state index in [4.69, 9.17) is 4.74 Å². The Labute approximate surface area is 126 Å². The van der Waals surface area contributed by atoms with Crippen LogP contribution in [0.1, 0.15) is 56.5 Å². The molecule has 0 aliphatic carbocycles. The van der Waals surface area contributed by atoms with Crippen molar-refractivity contribution in [2.75, 3.05) is 0 Å². The van der Waals surface area contributed by atoms with E-state index in [1.807, 2.05) is 13.8 Å². The van der Waals surface area contributed by atoms with Gasteiger partial charge in [0.05, 0.1) is 0 Å². The number of carbonyl (C=O) groups is 2. The number of carbonyl (C=O) groups excluding carboxylic acids is 2. The third kappa shape index (κ3) is 5.21. The summed E-state index contributed by atoms with van der Waals surface area (Å²) < 4.78 is 5.70. The Morgan fingerprint density at radius 3 is 2.48 bits per heavy atom. The van der Waals surface area contributed by atoms with Crippen LogP contribution in [0.15, 0.2) is 18.2 Å². The number of benzene rings is 1. The highest BCUT2D eigenvalue weighted by Gasteiger charge is 2.17. The number of aryl methyl sites for hydroxylation is 1. The Hall–Kier alpha value is -1.84. The van der Waals surface area contributed by atoms with E-state index >= 15 is 0 Å². The van der Waals surface area contributed by atoms with Crippen LogP contribution in [0.2, 0.25) is 0 Å². The molecule has 1 aromatic rings. The molecule has 0 aliphatic heterocycles. The maximum absolute atomic E-state index is 12.0. The highest BCUT2D eigenvalue weighted by atomic mass is 16.5. The number of ketones is 1. The van der Waals surface area contributed by atoms with Crippen molar-refractivity contribution in [2.45, 2.75) is 59.6 Å². The lowest BCUT2D eigenvalue weighted by atomic mass is 10.1. The number of hydrogen-bond acceptors (Lipinski definition) is 3. The molecule has 0 spiro atoms. The number of Topliss-reactive ketones (excluding diaryl/α,β-unsaturated/α-hetero) is 1. The molecule has 0 saturated heterocycles. The summed E-state index contributed by atoms with van der Waals surface area (Å²) in [5.74, 6) is 0.528. The van der Waals surface area contributed by atoms with E-state index in [1.165, 1.54) is 6.92 Å². The summed E-state index contributed by atoms with van der Waals surface area (Å²) in [6.07, 6.45) is 1.42. The summed E-state index contributed by atoms with van der Waals surface area (Å²) in [4.78, 5) is 23.3. The van der Waals surface area contributed by atoms with E-state index in [0.717, 1.165) is 18.4 Å². The Morgan fingerprint density at radius 1 is 1.29 bits per heavy atom. The lowest BCUT2D eigenvalue weighted by Gasteiger charge is -2.19. The van der Waals surface area contributed by atoms with Gasteiger partial charge < -0.3 is 10.1 Å². The molecule has 0 heterocycles. The third-order valence-electron chi connectivity index (χ3n) is 3.36. The van der Waals surface area contributed by atoms with Crippen molar-refractivity contribution in [2.24, 2.45) is 0 Å². The first kappa shape index (κ1) is 17.2. The molecule has 0 aliphatic rings. The predicted octanol–water partition coefficient (Wildman–Crippen LogP) is 3.27. The molecular formula is C17H25NO3. The molecule has 2 atom stereocenters. The molecule has 2 unspecified atom stereocenters. The van der Waals surface area contributed by atoms with Crippen LogP contribution in [0.3, 0.4) is 0 Å². The van der Waals surface area contributed by atoms with Crippen LogP contribution in [0.4, 0.5) is 0 Å². The highest BCUT2D eigenvalue weighted by molar-refractivity contribution is 5.94. The second-order valence-electron chi connectivity index (χ2n) is 5.49. The van der Waals surface area contributed by atoms with Crippen molar-refractivity contribution < 1.29 is 14.3 Å². The van der Waals surface area contributed by atoms with Crippen molar-refractivity contribution in [1.82, 2.24) is 5.32 Å². The topological polar surface area (TPSA) is 55.4 Å². The van der Waals surface area contributed by atoms with E-state index in [1.54, 1.807) is 25.1 Å². The van der Waals surface area contributed by atoms with Gasteiger partial charge in [-0.2, -0.15) is 0 Å². The van der Waals surface area contributed by atoms with Gasteiger partial charge in [-0.15, -0.1) is 0 Å². The van der Waals surface area contributed by atoms with Crippen molar-refractivity contribution in [1.29, 1.82) is 0 Å². The molecule has 1 amide bonds. The van der Waals surface area contributed by atoms with Gasteiger partial charge in [-0.1, -0.05) is 13.3 Å². The maximum atomic E-state index is 12.0. The average Bonchev–Trinajstić information content (AvgIpc) is 2.40. The molecule has 0 fully saturated rings. The Bertz CT molecular complexity index is 511. The van der Waals surface area contributed by atoms with Crippen molar-refractivity contribution in [3.63, 3.8) is 0 Å². The Balaban J connectivity index is 2.68. The molecule has 116 valence electrons. The van der Waals surface area contributed by atoms with Gasteiger partial charge in [0.25, 0.3) is 5.91 Å². The van der Waals surface area contributed by atoms with Gasteiger partial charge in [-0.05, 0) is 57.9 Å². The first-order valence-corrected chi connectivity index (χ1v) is 7.43. The summed E-state index contributed by atoms with van der Waals surface area (Å²) in [7, 11) is 0. The smallest absolute Gasteiger partial charge is 0.260 e. The van der Waals surface area contributed by atoms with Crippen LogP contribution < -0.4 is 10.1 Å². The molecule has 0 saturated carbocycles. The molecule has 1 rings (SSSR count). The normalized spacial score (nSPS) is 13.4. The van der Waals surface area contributed by atoms with Crippen molar-refractivity contribution in [3.05, 3.63) is 29.3 Å². The minimum Gasteiger partial charge on any atom is -0.481 e. The van der Waals surface area contributed by atoms with Crippen LogP contribution in [0, 0.1) is 6.92 Å². The zero-order valence-corrected chi connectivity index (χ0v) is 13.5. The van der Waals surface area contributed by atoms with Crippen LogP contribution in [0.25, 0.3) is 0 Å². The lowest BCUT2D eigenvalue weighted by Crippen LogP contribution is -2.41. The van der Waals surface area contributed by atoms with Crippen molar-refractivity contribution in [3.8, 4) is 5.75 Å². The number of rotatable bonds is 7. The van der Waals surface area contributed by atoms with Crippen LogP contribution in [0.5, 0.6) is 5.75 Å². The lowest BCUT2D eigenvalue weighted by molar-refractivity contribution is -0.127. The minimum atomic E-state index is -0.564. The van der Waals surface area contributed by atoms with E-state index < -0.39 is 6.10 Å². The number of amides is 1. The Morgan fingerprint density at radius 2 is 1.95 bits per heavy atom. The van der Waals surface area contributed by atoms with Crippen LogP contribution in [-0.2, 0) is 4.79 Å². The zero-order valence-electron chi connectivity index (χ0n) is 13.5. The van der Waals surface area contributed by atoms with Crippen LogP contribution in [-0.4, -0.2) is 23.8 Å². The first-order valence-electron chi connectivity index (χ1n) is 7.43. The van der Waals surface area contributed by atoms with Crippen LogP contribution >= 0.6 is 0 Å². The highest BCUT2D eigenvalue weighted by Crippen LogP contribution is 2.20. The molecule has 1 N–H and O–H groups in total. The monoisotopic (exact) mass is 291 g/mol. The number of ether oxygens (including phenoxy) is 1. The summed E-state index contributed by atoms with van der Waals surface area (Å²) in [6, 6.07) is 5.39. The second kappa shape index (κ2) is 7.81. The maximum Gasteiger partial charge on any atom is 0.260 e. The fourth-order valence-electron chi connectivity index (χ4n) is 2.11. The summed E-state index contributed by atoms with van der Waals surface area (Å²) in [5, 5.41) is 2.93. The fraction of sp³-hybridized carbons (Fsp3) is 0.529. The third-order valence-corrected chi connectivity index (χ3v) is 3.36. The Kier molecular flexibility index (Phi) is 6.40. The van der Waals surface area contributed by atoms with Gasteiger partial charge in [0.15, 0.2) is 11.9 Å². The van der Waals surface area contributed by atoms with E-state index in [0.29, 0.717) is 11.3 Å². The van der Waals surface area contributed by atoms with Gasteiger partial charge in [0.1, 0.15) is 5.75 Å². The summed E-state index contributed by atoms with van der Waals surface area (Å²) in [5.41, 5.74) is 1.50. The van der Waals surface area contributed by atoms with Gasteiger partial charge >= 0.3 is 0 Å². The molecular weight excluding hydrogens is 266 g/mol. The number of hydrogen-bond donors (Lipinski definition) is 1. The molecule has 4 nitrogen and oxygen atoms in total.